The largest absolute Gasteiger partial charge is 0.454 e. The predicted molar refractivity (Wildman–Crippen MR) is 201 cm³/mol. The zero-order chi connectivity index (χ0) is 37.3. The number of benzene rings is 4. The number of rotatable bonds is 6. The molecule has 0 fully saturated rings. The van der Waals surface area contributed by atoms with Gasteiger partial charge in [-0.15, -0.1) is 0 Å². The molecule has 0 atom stereocenters. The monoisotopic (exact) mass is 644 g/mol. The highest BCUT2D eigenvalue weighted by Gasteiger charge is 2.38. The van der Waals surface area contributed by atoms with E-state index >= 15 is 0 Å². The number of para-hydroxylation sites is 1. The fourth-order valence-electron chi connectivity index (χ4n) is 6.28. The highest BCUT2D eigenvalue weighted by molar-refractivity contribution is 7.11. The number of furan rings is 1. The van der Waals surface area contributed by atoms with Gasteiger partial charge in [0.2, 0.25) is 0 Å². The van der Waals surface area contributed by atoms with Crippen LogP contribution in [0, 0.1) is 25.0 Å². The van der Waals surface area contributed by atoms with Crippen LogP contribution in [0.2, 0.25) is 45.8 Å². The zero-order valence-electron chi connectivity index (χ0n) is 33.0. The van der Waals surface area contributed by atoms with E-state index in [0.29, 0.717) is 22.3 Å². The van der Waals surface area contributed by atoms with Gasteiger partial charge in [0.25, 0.3) is 0 Å². The maximum absolute atomic E-state index is 10.9. The molecule has 0 saturated heterocycles. The molecular weight excluding hydrogens is 597 g/mol. The van der Waals surface area contributed by atoms with Crippen molar-refractivity contribution in [2.75, 3.05) is 0 Å². The molecule has 6 heteroatoms. The van der Waals surface area contributed by atoms with E-state index in [1.165, 1.54) is 26.8 Å². The van der Waals surface area contributed by atoms with Crippen molar-refractivity contribution in [2.24, 2.45) is 0 Å². The topological polar surface area (TPSA) is 49.8 Å². The summed E-state index contributed by atoms with van der Waals surface area (Å²) in [7, 11) is -5.88. The highest BCUT2D eigenvalue weighted by Crippen LogP contribution is 2.36. The van der Waals surface area contributed by atoms with E-state index in [1.807, 2.05) is 18.2 Å². The van der Waals surface area contributed by atoms with Crippen molar-refractivity contribution in [3.8, 4) is 17.3 Å². The molecule has 0 saturated carbocycles. The van der Waals surface area contributed by atoms with Gasteiger partial charge in [-0.1, -0.05) is 129 Å². The van der Waals surface area contributed by atoms with E-state index < -0.39 is 37.9 Å². The number of hydrogen-bond donors (Lipinski definition) is 0. The fourth-order valence-corrected chi connectivity index (χ4v) is 12.3. The van der Waals surface area contributed by atoms with Gasteiger partial charge in [0.05, 0.1) is 27.4 Å². The summed E-state index contributed by atoms with van der Waals surface area (Å²) in [4.78, 5) is 4.41. The lowest BCUT2D eigenvalue weighted by atomic mass is 10.0. The Labute approximate surface area is 279 Å². The molecule has 45 heavy (non-hydrogen) atoms. The second-order valence-corrected chi connectivity index (χ2v) is 28.3. The number of aryl methyl sites for hydroxylation is 2. The Morgan fingerprint density at radius 2 is 1.22 bits per heavy atom. The second-order valence-electron chi connectivity index (χ2n) is 14.2. The van der Waals surface area contributed by atoms with Crippen LogP contribution >= 0.6 is 0 Å². The van der Waals surface area contributed by atoms with Crippen LogP contribution in [0.25, 0.3) is 33.2 Å². The first-order valence-corrected chi connectivity index (χ1v) is 24.8. The first kappa shape index (κ1) is 24.2. The molecule has 0 aliphatic carbocycles. The van der Waals surface area contributed by atoms with Crippen LogP contribution in [-0.4, -0.2) is 29.2 Å². The third-order valence-corrected chi connectivity index (χ3v) is 17.8. The van der Waals surface area contributed by atoms with E-state index in [1.54, 1.807) is 6.07 Å². The normalized spacial score (nSPS) is 15.1. The molecule has 0 N–H and O–H groups in total. The summed E-state index contributed by atoms with van der Waals surface area (Å²) in [6.45, 7) is 11.0. The standard InChI is InChI=1S/C39H42N2OSi3/c1-26-23-36(41-25-27(26)2)34-12-10-11-32-33-21-22-37(35(24-40)39(33)42-38(32)34)45(9,30-17-13-28(14-18-30)43(3,4)5)31-19-15-29(16-20-31)44(6,7)8/h10-23,25H,1-9H3/i1D3,2D3. The van der Waals surface area contributed by atoms with Crippen molar-refractivity contribution in [3.63, 3.8) is 0 Å². The van der Waals surface area contributed by atoms with Crippen molar-refractivity contribution in [2.45, 2.75) is 59.5 Å². The minimum Gasteiger partial charge on any atom is -0.454 e. The van der Waals surface area contributed by atoms with E-state index in [-0.39, 0.29) is 16.8 Å². The molecule has 2 aromatic heterocycles. The van der Waals surface area contributed by atoms with Gasteiger partial charge in [-0.3, -0.25) is 4.98 Å². The van der Waals surface area contributed by atoms with E-state index in [4.69, 9.17) is 12.6 Å². The third kappa shape index (κ3) is 5.33. The van der Waals surface area contributed by atoms with Gasteiger partial charge in [0.1, 0.15) is 19.7 Å². The number of fused-ring (bicyclic) bond motifs is 3. The number of nitriles is 1. The minimum absolute atomic E-state index is 0.275. The first-order chi connectivity index (χ1) is 23.7. The van der Waals surface area contributed by atoms with Gasteiger partial charge in [0, 0.05) is 30.8 Å². The fraction of sp³-hybridized carbons (Fsp3) is 0.231. The lowest BCUT2D eigenvalue weighted by Gasteiger charge is -2.31. The molecule has 3 nitrogen and oxygen atoms in total. The minimum atomic E-state index is -2.78. The maximum Gasteiger partial charge on any atom is 0.153 e. The Hall–Kier alpha value is -4.03. The van der Waals surface area contributed by atoms with Crippen LogP contribution in [0.15, 0.2) is 95.5 Å². The van der Waals surface area contributed by atoms with E-state index in [9.17, 15) is 5.26 Å². The second kappa shape index (κ2) is 11.1. The summed E-state index contributed by atoms with van der Waals surface area (Å²) < 4.78 is 54.5. The van der Waals surface area contributed by atoms with E-state index in [0.717, 1.165) is 22.2 Å². The zero-order valence-corrected chi connectivity index (χ0v) is 30.0. The van der Waals surface area contributed by atoms with Crippen LogP contribution in [0.3, 0.4) is 0 Å². The van der Waals surface area contributed by atoms with Crippen LogP contribution < -0.4 is 25.9 Å². The van der Waals surface area contributed by atoms with Crippen molar-refractivity contribution >= 4 is 72.1 Å². The van der Waals surface area contributed by atoms with Gasteiger partial charge in [-0.05, 0) is 52.5 Å². The molecule has 2 heterocycles. The van der Waals surface area contributed by atoms with Crippen molar-refractivity contribution in [3.05, 3.63) is 108 Å². The smallest absolute Gasteiger partial charge is 0.153 e. The van der Waals surface area contributed by atoms with Gasteiger partial charge < -0.3 is 4.42 Å². The van der Waals surface area contributed by atoms with Crippen LogP contribution in [-0.2, 0) is 0 Å². The molecule has 4 aromatic carbocycles. The molecular formula is C39H42N2OSi3. The predicted octanol–water partition coefficient (Wildman–Crippen LogP) is 7.33. The summed E-state index contributed by atoms with van der Waals surface area (Å²) in [5, 5.41) is 18.5. The van der Waals surface area contributed by atoms with Gasteiger partial charge >= 0.3 is 0 Å². The summed E-state index contributed by atoms with van der Waals surface area (Å²) in [6, 6.07) is 31.6. The molecule has 0 radical (unpaired) electrons. The molecule has 6 rings (SSSR count). The quantitative estimate of drug-likeness (QED) is 0.141. The molecule has 0 bridgehead atoms. The Bertz CT molecular complexity index is 2270. The molecule has 0 spiro atoms. The maximum atomic E-state index is 10.9. The Morgan fingerprint density at radius 3 is 1.76 bits per heavy atom. The lowest BCUT2D eigenvalue weighted by molar-refractivity contribution is 0.669. The molecule has 6 aromatic rings. The van der Waals surface area contributed by atoms with Gasteiger partial charge in [-0.25, -0.2) is 0 Å². The average molecular weight is 645 g/mol. The van der Waals surface area contributed by atoms with Crippen molar-refractivity contribution in [1.29, 1.82) is 5.26 Å². The Morgan fingerprint density at radius 1 is 0.667 bits per heavy atom. The summed E-state index contributed by atoms with van der Waals surface area (Å²) in [6.07, 6.45) is 1.13. The molecule has 0 amide bonds. The number of nitrogens with zero attached hydrogens (tertiary/aromatic N) is 2. The lowest BCUT2D eigenvalue weighted by Crippen LogP contribution is -2.66. The SMILES string of the molecule is [2H]C([2H])([2H])c1cnc(-c2cccc3c2oc2c(C#N)c([Si](C)(c4ccc([Si](C)(C)C)cc4)c4ccc([Si](C)(C)C)cc4)ccc23)cc1C([2H])([2H])[2H]. The van der Waals surface area contributed by atoms with Gasteiger partial charge in [-0.2, -0.15) is 5.26 Å². The van der Waals surface area contributed by atoms with E-state index in [2.05, 4.69) is 111 Å². The molecule has 0 aliphatic heterocycles. The first-order valence-electron chi connectivity index (χ1n) is 18.3. The number of pyridine rings is 1. The summed E-state index contributed by atoms with van der Waals surface area (Å²) >= 11 is 0. The highest BCUT2D eigenvalue weighted by atomic mass is 28.3. The van der Waals surface area contributed by atoms with Crippen molar-refractivity contribution < 1.29 is 12.6 Å². The summed E-state index contributed by atoms with van der Waals surface area (Å²) in [5.74, 6) is 0. The molecule has 0 aliphatic rings. The van der Waals surface area contributed by atoms with Crippen LogP contribution in [0.5, 0.6) is 0 Å². The van der Waals surface area contributed by atoms with Crippen LogP contribution in [0.1, 0.15) is 24.9 Å². The van der Waals surface area contributed by atoms with Gasteiger partial charge in [0.15, 0.2) is 5.58 Å². The number of hydrogen-bond acceptors (Lipinski definition) is 3. The average Bonchev–Trinajstić information content (AvgIpc) is 3.45. The van der Waals surface area contributed by atoms with Crippen LogP contribution in [0.4, 0.5) is 0 Å². The molecule has 226 valence electrons. The summed E-state index contributed by atoms with van der Waals surface area (Å²) in [5.41, 5.74) is 1.60. The van der Waals surface area contributed by atoms with Crippen molar-refractivity contribution in [1.82, 2.24) is 4.98 Å². The Kier molecular flexibility index (Phi) is 5.97. The Balaban J connectivity index is 1.61. The third-order valence-electron chi connectivity index (χ3n) is 9.15. The number of aromatic nitrogens is 1. The molecule has 0 unspecified atom stereocenters.